The van der Waals surface area contributed by atoms with E-state index in [1.165, 1.54) is 23.7 Å². The largest absolute Gasteiger partial charge is 0.338 e. The van der Waals surface area contributed by atoms with Crippen LogP contribution in [0.25, 0.3) is 0 Å². The molecular weight excluding hydrogens is 524 g/mol. The van der Waals surface area contributed by atoms with Crippen molar-refractivity contribution in [1.82, 2.24) is 24.6 Å². The number of likely N-dealkylation sites (N-methyl/N-ethyl adjacent to an activating group) is 1. The minimum Gasteiger partial charge on any atom is -0.338 e. The van der Waals surface area contributed by atoms with Crippen LogP contribution in [0.5, 0.6) is 0 Å². The van der Waals surface area contributed by atoms with Crippen LogP contribution in [0, 0.1) is 11.6 Å². The van der Waals surface area contributed by atoms with Gasteiger partial charge in [0.25, 0.3) is 18.2 Å². The molecule has 0 fully saturated rings. The number of nitrogens with zero attached hydrogens (tertiary/aromatic N) is 5. The number of nitrogens with one attached hydrogen (secondary N) is 1. The van der Waals surface area contributed by atoms with Crippen LogP contribution < -0.4 is 5.32 Å². The number of urea groups is 1. The van der Waals surface area contributed by atoms with Gasteiger partial charge < -0.3 is 15.1 Å². The molecule has 200 valence electrons. The molecule has 1 aromatic heterocycles. The van der Waals surface area contributed by atoms with E-state index >= 15 is 0 Å². The number of aromatic nitrogens is 2. The summed E-state index contributed by atoms with van der Waals surface area (Å²) in [7, 11) is 2.48. The Hall–Kier alpha value is -3.39. The minimum absolute atomic E-state index is 0.0741. The first-order valence-corrected chi connectivity index (χ1v) is 11.5. The van der Waals surface area contributed by atoms with Crippen molar-refractivity contribution in [1.29, 1.82) is 0 Å². The van der Waals surface area contributed by atoms with E-state index in [0.29, 0.717) is 11.3 Å². The molecule has 2 aliphatic rings. The molecule has 0 unspecified atom stereocenters. The molecule has 1 aromatic carbocycles. The SMILES string of the molecule is C[C@@H]1Cc2nn3c(c2CN1C(=O)Nc1ccc(F)c(Cl)c1F)C(=O)N(C)O[C@@H](C(=O)N(C)CC(F)F)C3. The van der Waals surface area contributed by atoms with Gasteiger partial charge in [0.15, 0.2) is 11.9 Å². The smallest absolute Gasteiger partial charge is 0.322 e. The molecule has 1 N–H and O–H groups in total. The van der Waals surface area contributed by atoms with Crippen LogP contribution in [0.4, 0.5) is 28.0 Å². The zero-order chi connectivity index (χ0) is 27.2. The van der Waals surface area contributed by atoms with Crippen molar-refractivity contribution in [2.45, 2.75) is 45.0 Å². The highest BCUT2D eigenvalue weighted by atomic mass is 35.5. The molecule has 0 saturated heterocycles. The van der Waals surface area contributed by atoms with Gasteiger partial charge in [-0.05, 0) is 19.1 Å². The zero-order valence-electron chi connectivity index (χ0n) is 20.0. The van der Waals surface area contributed by atoms with E-state index in [2.05, 4.69) is 10.4 Å². The molecule has 37 heavy (non-hydrogen) atoms. The topological polar surface area (TPSA) is 100 Å². The maximum atomic E-state index is 14.3. The lowest BCUT2D eigenvalue weighted by Crippen LogP contribution is -2.45. The summed E-state index contributed by atoms with van der Waals surface area (Å²) in [5, 5.41) is 6.88. The Balaban J connectivity index is 1.60. The number of anilines is 1. The van der Waals surface area contributed by atoms with Gasteiger partial charge in [-0.15, -0.1) is 0 Å². The van der Waals surface area contributed by atoms with Crippen molar-refractivity contribution in [3.63, 3.8) is 0 Å². The standard InChI is InChI=1S/C22H23ClF4N6O4/c1-10-6-14-11(7-32(10)22(36)28-13-5-4-12(24)17(23)18(13)27)19-21(35)31(3)37-15(8-33(19)29-14)20(34)30(2)9-16(25)26/h4-5,10,15-16H,6-9H2,1-3H3,(H,28,36)/t10-,15-/m1/s1. The summed E-state index contributed by atoms with van der Waals surface area (Å²) >= 11 is 5.59. The minimum atomic E-state index is -2.75. The number of alkyl halides is 2. The summed E-state index contributed by atoms with van der Waals surface area (Å²) in [6.45, 7) is 0.617. The van der Waals surface area contributed by atoms with Crippen LogP contribution in [0.1, 0.15) is 28.7 Å². The monoisotopic (exact) mass is 546 g/mol. The maximum absolute atomic E-state index is 14.3. The number of halogens is 5. The van der Waals surface area contributed by atoms with Gasteiger partial charge in [0.05, 0.1) is 31.0 Å². The van der Waals surface area contributed by atoms with Gasteiger partial charge in [-0.3, -0.25) is 19.1 Å². The average Bonchev–Trinajstić information content (AvgIpc) is 3.12. The van der Waals surface area contributed by atoms with E-state index in [4.69, 9.17) is 16.4 Å². The van der Waals surface area contributed by atoms with Crippen LogP contribution in [-0.4, -0.2) is 81.7 Å². The molecule has 0 spiro atoms. The molecule has 0 bridgehead atoms. The van der Waals surface area contributed by atoms with Crippen molar-refractivity contribution >= 4 is 35.1 Å². The Morgan fingerprint density at radius 2 is 2.03 bits per heavy atom. The summed E-state index contributed by atoms with van der Waals surface area (Å²) < 4.78 is 54.6. The van der Waals surface area contributed by atoms with Crippen LogP contribution in [0.3, 0.4) is 0 Å². The van der Waals surface area contributed by atoms with Gasteiger partial charge >= 0.3 is 6.03 Å². The van der Waals surface area contributed by atoms with Crippen LogP contribution in [0.15, 0.2) is 12.1 Å². The van der Waals surface area contributed by atoms with Gasteiger partial charge in [-0.25, -0.2) is 27.4 Å². The highest BCUT2D eigenvalue weighted by molar-refractivity contribution is 6.31. The molecule has 3 heterocycles. The van der Waals surface area contributed by atoms with Crippen LogP contribution in [0.2, 0.25) is 5.02 Å². The Morgan fingerprint density at radius 1 is 1.32 bits per heavy atom. The first kappa shape index (κ1) is 26.7. The lowest BCUT2D eigenvalue weighted by atomic mass is 9.99. The molecule has 10 nitrogen and oxygen atoms in total. The second-order valence-corrected chi connectivity index (χ2v) is 9.17. The molecule has 0 aliphatic carbocycles. The van der Waals surface area contributed by atoms with E-state index in [1.807, 2.05) is 0 Å². The fourth-order valence-corrected chi connectivity index (χ4v) is 4.46. The molecule has 4 rings (SSSR count). The summed E-state index contributed by atoms with van der Waals surface area (Å²) in [6.07, 6.45) is -3.80. The molecule has 2 atom stereocenters. The average molecular weight is 547 g/mol. The predicted octanol–water partition coefficient (Wildman–Crippen LogP) is 2.90. The van der Waals surface area contributed by atoms with E-state index in [1.54, 1.807) is 6.92 Å². The van der Waals surface area contributed by atoms with Crippen molar-refractivity contribution in [3.05, 3.63) is 45.7 Å². The first-order chi connectivity index (χ1) is 17.4. The molecule has 0 saturated carbocycles. The van der Waals surface area contributed by atoms with Crippen LogP contribution >= 0.6 is 11.6 Å². The highest BCUT2D eigenvalue weighted by Crippen LogP contribution is 2.30. The van der Waals surface area contributed by atoms with E-state index < -0.39 is 59.6 Å². The number of hydrogen-bond acceptors (Lipinski definition) is 5. The molecule has 15 heteroatoms. The van der Waals surface area contributed by atoms with E-state index in [9.17, 15) is 31.9 Å². The zero-order valence-corrected chi connectivity index (χ0v) is 20.7. The van der Waals surface area contributed by atoms with Crippen molar-refractivity contribution in [2.75, 3.05) is 26.0 Å². The van der Waals surface area contributed by atoms with Crippen molar-refractivity contribution < 1.29 is 36.8 Å². The number of benzene rings is 1. The number of carbonyl (C=O) groups excluding carboxylic acids is 3. The third kappa shape index (κ3) is 5.07. The molecule has 0 radical (unpaired) electrons. The normalized spacial score (nSPS) is 19.4. The Kier molecular flexibility index (Phi) is 7.33. The second kappa shape index (κ2) is 10.2. The summed E-state index contributed by atoms with van der Waals surface area (Å²) in [6, 6.07) is 0.816. The van der Waals surface area contributed by atoms with Gasteiger partial charge in [-0.1, -0.05) is 11.6 Å². The lowest BCUT2D eigenvalue weighted by molar-refractivity contribution is -0.177. The fraction of sp³-hybridized carbons (Fsp3) is 0.455. The maximum Gasteiger partial charge on any atom is 0.322 e. The lowest BCUT2D eigenvalue weighted by Gasteiger charge is -2.33. The number of amides is 4. The van der Waals surface area contributed by atoms with E-state index in [0.717, 1.165) is 22.1 Å². The third-order valence-corrected chi connectivity index (χ3v) is 6.54. The summed E-state index contributed by atoms with van der Waals surface area (Å²) in [4.78, 5) is 46.4. The number of hydrogen-bond donors (Lipinski definition) is 1. The van der Waals surface area contributed by atoms with Crippen molar-refractivity contribution in [3.8, 4) is 0 Å². The van der Waals surface area contributed by atoms with Gasteiger partial charge in [0.2, 0.25) is 0 Å². The quantitative estimate of drug-likeness (QED) is 0.470. The Morgan fingerprint density at radius 3 is 2.70 bits per heavy atom. The first-order valence-electron chi connectivity index (χ1n) is 11.2. The van der Waals surface area contributed by atoms with Gasteiger partial charge in [0, 0.05) is 32.1 Å². The van der Waals surface area contributed by atoms with Crippen molar-refractivity contribution in [2.24, 2.45) is 0 Å². The Labute approximate surface area is 213 Å². The Bertz CT molecular complexity index is 1260. The molecule has 2 aliphatic heterocycles. The highest BCUT2D eigenvalue weighted by Gasteiger charge is 2.40. The summed E-state index contributed by atoms with van der Waals surface area (Å²) in [5.41, 5.74) is 0.672. The molecule has 4 amide bonds. The van der Waals surface area contributed by atoms with Crippen LogP contribution in [-0.2, 0) is 29.1 Å². The third-order valence-electron chi connectivity index (χ3n) is 6.20. The van der Waals surface area contributed by atoms with Gasteiger partial charge in [0.1, 0.15) is 16.5 Å². The van der Waals surface area contributed by atoms with E-state index in [-0.39, 0.29) is 30.9 Å². The molecule has 2 aromatic rings. The molecular formula is C22H23ClF4N6O4. The number of fused-ring (bicyclic) bond motifs is 3. The second-order valence-electron chi connectivity index (χ2n) is 8.80. The van der Waals surface area contributed by atoms with Gasteiger partial charge in [-0.2, -0.15) is 5.10 Å². The predicted molar refractivity (Wildman–Crippen MR) is 122 cm³/mol. The fourth-order valence-electron chi connectivity index (χ4n) is 4.29. The summed E-state index contributed by atoms with van der Waals surface area (Å²) in [5.74, 6) is -3.50. The number of rotatable bonds is 4. The number of hydroxylamine groups is 2. The number of carbonyl (C=O) groups is 3.